The summed E-state index contributed by atoms with van der Waals surface area (Å²) in [6, 6.07) is 4.43. The summed E-state index contributed by atoms with van der Waals surface area (Å²) in [5.74, 6) is -2.26. The first-order valence-corrected chi connectivity index (χ1v) is 12.0. The minimum absolute atomic E-state index is 0.113. The molecule has 1 aromatic carbocycles. The van der Waals surface area contributed by atoms with Crippen molar-refractivity contribution in [2.75, 3.05) is 25.0 Å². The van der Waals surface area contributed by atoms with Gasteiger partial charge >= 0.3 is 0 Å². The van der Waals surface area contributed by atoms with Crippen molar-refractivity contribution in [3.63, 3.8) is 0 Å². The number of anilines is 1. The van der Waals surface area contributed by atoms with Crippen molar-refractivity contribution in [1.29, 1.82) is 0 Å². The minimum atomic E-state index is -1.09. The highest BCUT2D eigenvalue weighted by Crippen LogP contribution is 2.63. The lowest BCUT2D eigenvalue weighted by Gasteiger charge is -2.33. The zero-order chi connectivity index (χ0) is 24.0. The second kappa shape index (κ2) is 8.89. The molecule has 3 fully saturated rings. The molecule has 3 heterocycles. The first-order chi connectivity index (χ1) is 15.7. The van der Waals surface area contributed by atoms with E-state index in [0.29, 0.717) is 36.5 Å². The van der Waals surface area contributed by atoms with Crippen molar-refractivity contribution >= 4 is 35.0 Å². The van der Waals surface area contributed by atoms with Crippen molar-refractivity contribution in [2.45, 2.75) is 63.7 Å². The van der Waals surface area contributed by atoms with Gasteiger partial charge in [-0.05, 0) is 51.2 Å². The van der Waals surface area contributed by atoms with Crippen LogP contribution in [0, 0.1) is 18.8 Å². The quantitative estimate of drug-likeness (QED) is 0.532. The van der Waals surface area contributed by atoms with E-state index in [1.807, 2.05) is 26.8 Å². The number of para-hydroxylation sites is 1. The normalized spacial score (nSPS) is 32.2. The summed E-state index contributed by atoms with van der Waals surface area (Å²) in [5, 5.41) is 15.7. The van der Waals surface area contributed by atoms with Crippen LogP contribution in [-0.2, 0) is 19.1 Å². The van der Waals surface area contributed by atoms with Crippen LogP contribution in [0.25, 0.3) is 0 Å². The molecule has 0 aromatic heterocycles. The highest BCUT2D eigenvalue weighted by Gasteiger charge is 2.77. The number of aliphatic hydroxyl groups is 1. The molecule has 0 aliphatic carbocycles. The van der Waals surface area contributed by atoms with Crippen LogP contribution in [0.1, 0.15) is 45.1 Å². The standard InChI is InChI=1S/C24H32ClN3O5/c1-4-11-26-20(30)16-17-22(32)28(12-6-13-29)19(24(17)10-9-23(16,3)33-24)21(31)27-18-14(2)7-5-8-15(18)25/h5,7-8,16-17,19,29H,4,6,9-13H2,1-3H3,(H,26,30)(H,27,31)/t16-,17+,19?,23+,24?/m1/s1. The largest absolute Gasteiger partial charge is 0.396 e. The first-order valence-electron chi connectivity index (χ1n) is 11.7. The van der Waals surface area contributed by atoms with Gasteiger partial charge in [0, 0.05) is 19.7 Å². The Balaban J connectivity index is 1.72. The maximum atomic E-state index is 13.7. The SMILES string of the molecule is CCCNC(=O)[C@H]1[C@H]2C(=O)N(CCCO)C(C(=O)Nc3c(C)cccc3Cl)C23CC[C@]1(C)O3. The van der Waals surface area contributed by atoms with E-state index in [2.05, 4.69) is 10.6 Å². The molecule has 3 saturated heterocycles. The molecule has 0 radical (unpaired) electrons. The highest BCUT2D eigenvalue weighted by atomic mass is 35.5. The van der Waals surface area contributed by atoms with Crippen LogP contribution in [0.15, 0.2) is 18.2 Å². The maximum Gasteiger partial charge on any atom is 0.250 e. The van der Waals surface area contributed by atoms with Crippen LogP contribution in [0.4, 0.5) is 5.69 Å². The number of carbonyl (C=O) groups is 3. The molecule has 1 aromatic rings. The number of benzene rings is 1. The molecule has 1 spiro atoms. The lowest BCUT2D eigenvalue weighted by molar-refractivity contribution is -0.144. The maximum absolute atomic E-state index is 13.7. The summed E-state index contributed by atoms with van der Waals surface area (Å²) < 4.78 is 6.52. The summed E-state index contributed by atoms with van der Waals surface area (Å²) in [6.45, 7) is 6.29. The van der Waals surface area contributed by atoms with Gasteiger partial charge in [-0.15, -0.1) is 0 Å². The number of aliphatic hydroxyl groups excluding tert-OH is 1. The van der Waals surface area contributed by atoms with Crippen LogP contribution in [0.5, 0.6) is 0 Å². The average molecular weight is 478 g/mol. The number of rotatable bonds is 8. The zero-order valence-corrected chi connectivity index (χ0v) is 20.1. The lowest BCUT2D eigenvalue weighted by Crippen LogP contribution is -2.53. The van der Waals surface area contributed by atoms with Crippen molar-refractivity contribution in [3.05, 3.63) is 28.8 Å². The average Bonchev–Trinajstić information content (AvgIpc) is 3.34. The van der Waals surface area contributed by atoms with Gasteiger partial charge in [0.1, 0.15) is 11.6 Å². The number of hydrogen-bond acceptors (Lipinski definition) is 5. The molecule has 2 unspecified atom stereocenters. The Morgan fingerprint density at radius 1 is 1.30 bits per heavy atom. The Morgan fingerprint density at radius 3 is 2.73 bits per heavy atom. The van der Waals surface area contributed by atoms with E-state index in [1.165, 1.54) is 4.90 Å². The molecule has 180 valence electrons. The van der Waals surface area contributed by atoms with Crippen molar-refractivity contribution < 1.29 is 24.2 Å². The number of ether oxygens (including phenoxy) is 1. The fourth-order valence-corrected chi connectivity index (χ4v) is 6.22. The van der Waals surface area contributed by atoms with E-state index < -0.39 is 29.1 Å². The highest BCUT2D eigenvalue weighted by molar-refractivity contribution is 6.34. The molecule has 3 amide bonds. The molecular weight excluding hydrogens is 446 g/mol. The van der Waals surface area contributed by atoms with E-state index in [4.69, 9.17) is 16.3 Å². The molecule has 3 N–H and O–H groups in total. The van der Waals surface area contributed by atoms with Crippen LogP contribution in [0.3, 0.4) is 0 Å². The van der Waals surface area contributed by atoms with Gasteiger partial charge in [-0.3, -0.25) is 14.4 Å². The summed E-state index contributed by atoms with van der Waals surface area (Å²) >= 11 is 6.34. The first kappa shape index (κ1) is 24.0. The van der Waals surface area contributed by atoms with Gasteiger partial charge in [0.25, 0.3) is 0 Å². The molecular formula is C24H32ClN3O5. The molecule has 5 atom stereocenters. The Kier molecular flexibility index (Phi) is 6.46. The predicted molar refractivity (Wildman–Crippen MR) is 124 cm³/mol. The van der Waals surface area contributed by atoms with Gasteiger partial charge in [0.15, 0.2) is 0 Å². The number of likely N-dealkylation sites (tertiary alicyclic amines) is 1. The number of halogens is 1. The number of fused-ring (bicyclic) bond motifs is 1. The third-order valence-electron chi connectivity index (χ3n) is 7.38. The second-order valence-electron chi connectivity index (χ2n) is 9.55. The van der Waals surface area contributed by atoms with Gasteiger partial charge < -0.3 is 25.4 Å². The number of hydrogen-bond donors (Lipinski definition) is 3. The van der Waals surface area contributed by atoms with Crippen molar-refractivity contribution in [3.8, 4) is 0 Å². The summed E-state index contributed by atoms with van der Waals surface area (Å²) in [5.41, 5.74) is -0.597. The molecule has 33 heavy (non-hydrogen) atoms. The van der Waals surface area contributed by atoms with E-state index in [0.717, 1.165) is 12.0 Å². The fourth-order valence-electron chi connectivity index (χ4n) is 5.95. The molecule has 3 aliphatic rings. The third kappa shape index (κ3) is 3.72. The van der Waals surface area contributed by atoms with Crippen LogP contribution < -0.4 is 10.6 Å². The Morgan fingerprint density at radius 2 is 2.06 bits per heavy atom. The third-order valence-corrected chi connectivity index (χ3v) is 7.70. The molecule has 8 nitrogen and oxygen atoms in total. The van der Waals surface area contributed by atoms with Gasteiger partial charge in [-0.2, -0.15) is 0 Å². The van der Waals surface area contributed by atoms with Gasteiger partial charge in [-0.1, -0.05) is 30.7 Å². The summed E-state index contributed by atoms with van der Waals surface area (Å²) in [6.07, 6.45) is 2.20. The lowest BCUT2D eigenvalue weighted by atomic mass is 9.66. The number of carbonyl (C=O) groups excluding carboxylic acids is 3. The van der Waals surface area contributed by atoms with Crippen molar-refractivity contribution in [1.82, 2.24) is 10.2 Å². The van der Waals surface area contributed by atoms with E-state index in [-0.39, 0.29) is 30.9 Å². The molecule has 9 heteroatoms. The van der Waals surface area contributed by atoms with E-state index in [9.17, 15) is 19.5 Å². The molecule has 4 rings (SSSR count). The van der Waals surface area contributed by atoms with Crippen molar-refractivity contribution in [2.24, 2.45) is 11.8 Å². The number of nitrogens with one attached hydrogen (secondary N) is 2. The molecule has 0 saturated carbocycles. The number of amides is 3. The predicted octanol–water partition coefficient (Wildman–Crippen LogP) is 2.26. The van der Waals surface area contributed by atoms with Crippen LogP contribution in [0.2, 0.25) is 5.02 Å². The van der Waals surface area contributed by atoms with Crippen LogP contribution in [-0.4, -0.2) is 64.7 Å². The van der Waals surface area contributed by atoms with E-state index in [1.54, 1.807) is 12.1 Å². The Labute approximate surface area is 199 Å². The summed E-state index contributed by atoms with van der Waals surface area (Å²) in [4.78, 5) is 42.0. The molecule has 2 bridgehead atoms. The Bertz CT molecular complexity index is 951. The minimum Gasteiger partial charge on any atom is -0.396 e. The fraction of sp³-hybridized carbons (Fsp3) is 0.625. The van der Waals surface area contributed by atoms with Crippen LogP contribution >= 0.6 is 11.6 Å². The van der Waals surface area contributed by atoms with Gasteiger partial charge in [0.05, 0.1) is 28.1 Å². The monoisotopic (exact) mass is 477 g/mol. The summed E-state index contributed by atoms with van der Waals surface area (Å²) in [7, 11) is 0. The second-order valence-corrected chi connectivity index (χ2v) is 9.96. The van der Waals surface area contributed by atoms with E-state index >= 15 is 0 Å². The zero-order valence-electron chi connectivity index (χ0n) is 19.3. The number of nitrogens with zero attached hydrogens (tertiary/aromatic N) is 1. The number of aryl methyl sites for hydroxylation is 1. The Hall–Kier alpha value is -2.16. The smallest absolute Gasteiger partial charge is 0.250 e. The van der Waals surface area contributed by atoms with Gasteiger partial charge in [0.2, 0.25) is 17.7 Å². The van der Waals surface area contributed by atoms with Gasteiger partial charge in [-0.25, -0.2) is 0 Å². The molecule has 3 aliphatic heterocycles. The topological polar surface area (TPSA) is 108 Å².